The standard InChI is InChI=1S/C15H22O2/c1-3-17-15-8-7-11(2)9-13(15)14(16)10-12-5-4-6-12/h7-9,12,14,16H,3-6,10H2,1-2H3. The van der Waals surface area contributed by atoms with E-state index in [1.165, 1.54) is 24.8 Å². The molecule has 94 valence electrons. The van der Waals surface area contributed by atoms with Crippen LogP contribution in [-0.4, -0.2) is 11.7 Å². The van der Waals surface area contributed by atoms with Crippen molar-refractivity contribution < 1.29 is 9.84 Å². The van der Waals surface area contributed by atoms with Crippen LogP contribution in [0.5, 0.6) is 5.75 Å². The van der Waals surface area contributed by atoms with Crippen molar-refractivity contribution in [2.24, 2.45) is 5.92 Å². The van der Waals surface area contributed by atoms with Crippen LogP contribution in [0.2, 0.25) is 0 Å². The Bertz CT molecular complexity index is 369. The van der Waals surface area contributed by atoms with Crippen molar-refractivity contribution in [2.75, 3.05) is 6.61 Å². The number of aryl methyl sites for hydroxylation is 1. The molecule has 1 aromatic carbocycles. The van der Waals surface area contributed by atoms with Gasteiger partial charge in [0.2, 0.25) is 0 Å². The first-order valence-electron chi connectivity index (χ1n) is 6.62. The summed E-state index contributed by atoms with van der Waals surface area (Å²) in [7, 11) is 0. The zero-order valence-electron chi connectivity index (χ0n) is 10.8. The number of hydrogen-bond acceptors (Lipinski definition) is 2. The predicted octanol–water partition coefficient (Wildman–Crippen LogP) is 3.62. The normalized spacial score (nSPS) is 17.6. The lowest BCUT2D eigenvalue weighted by Gasteiger charge is -2.28. The molecular formula is C15H22O2. The molecule has 1 unspecified atom stereocenters. The van der Waals surface area contributed by atoms with Gasteiger partial charge in [-0.3, -0.25) is 0 Å². The summed E-state index contributed by atoms with van der Waals surface area (Å²) < 4.78 is 5.59. The predicted molar refractivity (Wildman–Crippen MR) is 69.3 cm³/mol. The van der Waals surface area contributed by atoms with Gasteiger partial charge in [0.05, 0.1) is 12.7 Å². The highest BCUT2D eigenvalue weighted by Gasteiger charge is 2.23. The summed E-state index contributed by atoms with van der Waals surface area (Å²) in [5.74, 6) is 1.55. The molecule has 0 amide bonds. The van der Waals surface area contributed by atoms with Crippen molar-refractivity contribution >= 4 is 0 Å². The minimum absolute atomic E-state index is 0.373. The third-order valence-electron chi connectivity index (χ3n) is 3.61. The van der Waals surface area contributed by atoms with Crippen LogP contribution in [0.25, 0.3) is 0 Å². The van der Waals surface area contributed by atoms with Gasteiger partial charge in [-0.25, -0.2) is 0 Å². The van der Waals surface area contributed by atoms with Crippen molar-refractivity contribution in [3.05, 3.63) is 29.3 Å². The largest absolute Gasteiger partial charge is 0.493 e. The first-order chi connectivity index (χ1) is 8.20. The fourth-order valence-electron chi connectivity index (χ4n) is 2.39. The number of aliphatic hydroxyl groups is 1. The van der Waals surface area contributed by atoms with Gasteiger partial charge in [-0.05, 0) is 38.3 Å². The van der Waals surface area contributed by atoms with E-state index in [9.17, 15) is 5.11 Å². The molecule has 17 heavy (non-hydrogen) atoms. The molecule has 1 fully saturated rings. The Morgan fingerprint density at radius 2 is 2.18 bits per heavy atom. The molecule has 0 aliphatic heterocycles. The van der Waals surface area contributed by atoms with E-state index < -0.39 is 0 Å². The van der Waals surface area contributed by atoms with Crippen molar-refractivity contribution in [3.63, 3.8) is 0 Å². The van der Waals surface area contributed by atoms with Gasteiger partial charge in [-0.15, -0.1) is 0 Å². The highest BCUT2D eigenvalue weighted by Crippen LogP contribution is 2.37. The molecule has 2 nitrogen and oxygen atoms in total. The molecule has 1 atom stereocenters. The van der Waals surface area contributed by atoms with Gasteiger partial charge in [0.15, 0.2) is 0 Å². The lowest BCUT2D eigenvalue weighted by Crippen LogP contribution is -2.15. The molecule has 0 spiro atoms. The monoisotopic (exact) mass is 234 g/mol. The first-order valence-corrected chi connectivity index (χ1v) is 6.62. The summed E-state index contributed by atoms with van der Waals surface area (Å²) in [4.78, 5) is 0. The van der Waals surface area contributed by atoms with E-state index >= 15 is 0 Å². The van der Waals surface area contributed by atoms with Gasteiger partial charge >= 0.3 is 0 Å². The van der Waals surface area contributed by atoms with Gasteiger partial charge in [0.25, 0.3) is 0 Å². The van der Waals surface area contributed by atoms with Crippen LogP contribution >= 0.6 is 0 Å². The maximum Gasteiger partial charge on any atom is 0.125 e. The summed E-state index contributed by atoms with van der Waals surface area (Å²) >= 11 is 0. The summed E-state index contributed by atoms with van der Waals surface area (Å²) in [6.45, 7) is 4.67. The lowest BCUT2D eigenvalue weighted by molar-refractivity contribution is 0.115. The maximum absolute atomic E-state index is 10.3. The van der Waals surface area contributed by atoms with Crippen LogP contribution in [-0.2, 0) is 0 Å². The fraction of sp³-hybridized carbons (Fsp3) is 0.600. The zero-order chi connectivity index (χ0) is 12.3. The van der Waals surface area contributed by atoms with E-state index in [0.29, 0.717) is 12.5 Å². The molecule has 1 aromatic rings. The van der Waals surface area contributed by atoms with Gasteiger partial charge in [0.1, 0.15) is 5.75 Å². The van der Waals surface area contributed by atoms with Gasteiger partial charge in [0, 0.05) is 5.56 Å². The Kier molecular flexibility index (Phi) is 4.06. The third-order valence-corrected chi connectivity index (χ3v) is 3.61. The average Bonchev–Trinajstić information content (AvgIpc) is 2.26. The summed E-state index contributed by atoms with van der Waals surface area (Å²) in [6, 6.07) is 6.05. The molecule has 0 aromatic heterocycles. The minimum Gasteiger partial charge on any atom is -0.493 e. The number of aliphatic hydroxyl groups excluding tert-OH is 1. The molecule has 1 aliphatic rings. The molecule has 0 bridgehead atoms. The second kappa shape index (κ2) is 5.54. The summed E-state index contributed by atoms with van der Waals surface area (Å²) in [5, 5.41) is 10.3. The van der Waals surface area contributed by atoms with E-state index in [2.05, 4.69) is 6.92 Å². The zero-order valence-corrected chi connectivity index (χ0v) is 10.8. The Hall–Kier alpha value is -1.02. The van der Waals surface area contributed by atoms with E-state index in [-0.39, 0.29) is 6.10 Å². The number of benzene rings is 1. The molecule has 0 heterocycles. The maximum atomic E-state index is 10.3. The van der Waals surface area contributed by atoms with E-state index in [0.717, 1.165) is 17.7 Å². The molecule has 1 saturated carbocycles. The van der Waals surface area contributed by atoms with Crippen LogP contribution in [0, 0.1) is 12.8 Å². The molecule has 0 saturated heterocycles. The van der Waals surface area contributed by atoms with Crippen LogP contribution in [0.3, 0.4) is 0 Å². The third kappa shape index (κ3) is 3.01. The highest BCUT2D eigenvalue weighted by molar-refractivity contribution is 5.38. The topological polar surface area (TPSA) is 29.5 Å². The van der Waals surface area contributed by atoms with Crippen molar-refractivity contribution in [2.45, 2.75) is 45.6 Å². The molecule has 2 rings (SSSR count). The van der Waals surface area contributed by atoms with Crippen molar-refractivity contribution in [1.82, 2.24) is 0 Å². The second-order valence-electron chi connectivity index (χ2n) is 5.02. The number of hydrogen-bond donors (Lipinski definition) is 1. The Balaban J connectivity index is 2.12. The summed E-state index contributed by atoms with van der Waals surface area (Å²) in [6.07, 6.45) is 4.37. The van der Waals surface area contributed by atoms with Crippen LogP contribution in [0.4, 0.5) is 0 Å². The SMILES string of the molecule is CCOc1ccc(C)cc1C(O)CC1CCC1. The molecule has 0 radical (unpaired) electrons. The Labute approximate surface area is 104 Å². The van der Waals surface area contributed by atoms with Crippen LogP contribution < -0.4 is 4.74 Å². The quantitative estimate of drug-likeness (QED) is 0.843. The molecule has 1 aliphatic carbocycles. The molecular weight excluding hydrogens is 212 g/mol. The van der Waals surface area contributed by atoms with E-state index in [1.807, 2.05) is 25.1 Å². The van der Waals surface area contributed by atoms with Crippen LogP contribution in [0.15, 0.2) is 18.2 Å². The van der Waals surface area contributed by atoms with Gasteiger partial charge in [-0.1, -0.05) is 30.9 Å². The lowest BCUT2D eigenvalue weighted by atomic mass is 9.80. The molecule has 2 heteroatoms. The highest BCUT2D eigenvalue weighted by atomic mass is 16.5. The Morgan fingerprint density at radius 3 is 2.76 bits per heavy atom. The van der Waals surface area contributed by atoms with E-state index in [4.69, 9.17) is 4.74 Å². The average molecular weight is 234 g/mol. The van der Waals surface area contributed by atoms with Gasteiger partial charge in [-0.2, -0.15) is 0 Å². The van der Waals surface area contributed by atoms with E-state index in [1.54, 1.807) is 0 Å². The summed E-state index contributed by atoms with van der Waals surface area (Å²) in [5.41, 5.74) is 2.13. The van der Waals surface area contributed by atoms with Gasteiger partial charge < -0.3 is 9.84 Å². The first kappa shape index (κ1) is 12.4. The fourth-order valence-corrected chi connectivity index (χ4v) is 2.39. The second-order valence-corrected chi connectivity index (χ2v) is 5.02. The Morgan fingerprint density at radius 1 is 1.41 bits per heavy atom. The molecule has 1 N–H and O–H groups in total. The van der Waals surface area contributed by atoms with Crippen LogP contribution in [0.1, 0.15) is 49.8 Å². The van der Waals surface area contributed by atoms with Crippen molar-refractivity contribution in [1.29, 1.82) is 0 Å². The number of ether oxygens (including phenoxy) is 1. The minimum atomic E-state index is -0.373. The number of rotatable bonds is 5. The van der Waals surface area contributed by atoms with Crippen molar-refractivity contribution in [3.8, 4) is 5.75 Å². The smallest absolute Gasteiger partial charge is 0.125 e.